The van der Waals surface area contributed by atoms with Crippen LogP contribution < -0.4 is 5.32 Å². The number of benzene rings is 3. The Balaban J connectivity index is 1.35. The Kier molecular flexibility index (Phi) is 6.03. The molecule has 1 amide bonds. The molecule has 0 heterocycles. The molecule has 6 nitrogen and oxygen atoms in total. The fourth-order valence-corrected chi connectivity index (χ4v) is 4.21. The van der Waals surface area contributed by atoms with Crippen LogP contribution in [0.15, 0.2) is 66.7 Å². The Hall–Kier alpha value is -3.93. The van der Waals surface area contributed by atoms with Gasteiger partial charge in [0.1, 0.15) is 6.61 Å². The van der Waals surface area contributed by atoms with Crippen molar-refractivity contribution in [3.63, 3.8) is 0 Å². The summed E-state index contributed by atoms with van der Waals surface area (Å²) >= 11 is 0. The first-order chi connectivity index (χ1) is 15.5. The van der Waals surface area contributed by atoms with Crippen LogP contribution in [0.4, 0.5) is 10.5 Å². The molecule has 32 heavy (non-hydrogen) atoms. The molecule has 0 bridgehead atoms. The predicted octanol–water partition coefficient (Wildman–Crippen LogP) is 5.76. The maximum atomic E-state index is 12.2. The smallest absolute Gasteiger partial charge is 0.407 e. The van der Waals surface area contributed by atoms with Gasteiger partial charge in [-0.05, 0) is 53.3 Å². The summed E-state index contributed by atoms with van der Waals surface area (Å²) in [5, 5.41) is 13.9. The Morgan fingerprint density at radius 2 is 1.66 bits per heavy atom. The number of nitro benzene ring substituents is 1. The van der Waals surface area contributed by atoms with E-state index in [2.05, 4.69) is 29.6 Å². The highest BCUT2D eigenvalue weighted by atomic mass is 16.6. The largest absolute Gasteiger partial charge is 0.449 e. The molecule has 3 aromatic rings. The van der Waals surface area contributed by atoms with E-state index in [9.17, 15) is 14.9 Å². The van der Waals surface area contributed by atoms with Crippen molar-refractivity contribution in [2.75, 3.05) is 13.2 Å². The summed E-state index contributed by atoms with van der Waals surface area (Å²) in [6, 6.07) is 19.7. The van der Waals surface area contributed by atoms with Crippen LogP contribution in [0.2, 0.25) is 0 Å². The first-order valence-electron chi connectivity index (χ1n) is 10.5. The van der Waals surface area contributed by atoms with Crippen LogP contribution in [-0.4, -0.2) is 24.2 Å². The fraction of sp³-hybridized carbons (Fsp3) is 0.192. The number of aryl methyl sites for hydroxylation is 2. The summed E-state index contributed by atoms with van der Waals surface area (Å²) in [6.07, 6.45) is 3.03. The predicted molar refractivity (Wildman–Crippen MR) is 125 cm³/mol. The second-order valence-corrected chi connectivity index (χ2v) is 7.86. The molecule has 0 unspecified atom stereocenters. The average molecular weight is 428 g/mol. The lowest BCUT2D eigenvalue weighted by Gasteiger charge is -2.14. The van der Waals surface area contributed by atoms with Crippen molar-refractivity contribution < 1.29 is 14.5 Å². The lowest BCUT2D eigenvalue weighted by Crippen LogP contribution is -2.26. The van der Waals surface area contributed by atoms with Crippen molar-refractivity contribution in [1.82, 2.24) is 5.32 Å². The van der Waals surface area contributed by atoms with Crippen LogP contribution in [0.25, 0.3) is 17.2 Å². The maximum Gasteiger partial charge on any atom is 0.407 e. The number of hydrogen-bond donors (Lipinski definition) is 1. The van der Waals surface area contributed by atoms with E-state index in [1.165, 1.54) is 11.1 Å². The number of nitrogens with zero attached hydrogens (tertiary/aromatic N) is 1. The van der Waals surface area contributed by atoms with Gasteiger partial charge in [0, 0.05) is 24.1 Å². The number of amides is 1. The Labute approximate surface area is 186 Å². The Morgan fingerprint density at radius 1 is 1.03 bits per heavy atom. The Bertz CT molecular complexity index is 1170. The molecule has 0 saturated carbocycles. The number of carbonyl (C=O) groups excluding carboxylic acids is 1. The number of nitrogens with one attached hydrogen (secondary N) is 1. The van der Waals surface area contributed by atoms with Crippen LogP contribution in [-0.2, 0) is 4.74 Å². The highest BCUT2D eigenvalue weighted by Crippen LogP contribution is 2.44. The van der Waals surface area contributed by atoms with Gasteiger partial charge in [-0.2, -0.15) is 0 Å². The monoisotopic (exact) mass is 428 g/mol. The molecule has 0 spiro atoms. The second-order valence-electron chi connectivity index (χ2n) is 7.86. The molecule has 0 aliphatic heterocycles. The minimum atomic E-state index is -0.497. The first kappa shape index (κ1) is 21.3. The van der Waals surface area contributed by atoms with Gasteiger partial charge in [-0.1, -0.05) is 60.7 Å². The van der Waals surface area contributed by atoms with E-state index in [0.717, 1.165) is 22.3 Å². The summed E-state index contributed by atoms with van der Waals surface area (Å²) in [6.45, 7) is 4.14. The summed E-state index contributed by atoms with van der Waals surface area (Å²) in [7, 11) is 0. The van der Waals surface area contributed by atoms with Crippen molar-refractivity contribution in [3.05, 3.63) is 105 Å². The first-order valence-corrected chi connectivity index (χ1v) is 10.5. The van der Waals surface area contributed by atoms with E-state index < -0.39 is 6.09 Å². The zero-order valence-electron chi connectivity index (χ0n) is 18.0. The van der Waals surface area contributed by atoms with Crippen molar-refractivity contribution >= 4 is 17.9 Å². The van der Waals surface area contributed by atoms with Gasteiger partial charge in [0.25, 0.3) is 5.69 Å². The zero-order valence-corrected chi connectivity index (χ0v) is 18.0. The standard InChI is InChI=1S/C26H24N2O4/c1-17-14-18(2)25(28(30)31)15-19(17)8-7-13-27-26(29)32-16-24-22-11-5-3-9-20(22)21-10-4-6-12-23(21)24/h3-12,14-15,24H,13,16H2,1-2H3,(H,27,29). The van der Waals surface area contributed by atoms with Gasteiger partial charge in [0.05, 0.1) is 4.92 Å². The third-order valence-electron chi connectivity index (χ3n) is 5.79. The molecular weight excluding hydrogens is 404 g/mol. The van der Waals surface area contributed by atoms with Crippen LogP contribution in [0.5, 0.6) is 0 Å². The van der Waals surface area contributed by atoms with Crippen molar-refractivity contribution in [2.24, 2.45) is 0 Å². The van der Waals surface area contributed by atoms with Gasteiger partial charge in [-0.25, -0.2) is 4.79 Å². The second kappa shape index (κ2) is 9.06. The van der Waals surface area contributed by atoms with Crippen LogP contribution >= 0.6 is 0 Å². The number of carbonyl (C=O) groups is 1. The molecule has 1 aliphatic rings. The van der Waals surface area contributed by atoms with Gasteiger partial charge in [0.15, 0.2) is 0 Å². The van der Waals surface area contributed by atoms with Gasteiger partial charge < -0.3 is 10.1 Å². The molecule has 3 aromatic carbocycles. The Morgan fingerprint density at radius 3 is 2.28 bits per heavy atom. The maximum absolute atomic E-state index is 12.2. The van der Waals surface area contributed by atoms with E-state index in [4.69, 9.17) is 4.74 Å². The van der Waals surface area contributed by atoms with Crippen LogP contribution in [0.1, 0.15) is 33.7 Å². The third kappa shape index (κ3) is 4.25. The highest BCUT2D eigenvalue weighted by molar-refractivity contribution is 5.79. The molecule has 0 aromatic heterocycles. The number of hydrogen-bond acceptors (Lipinski definition) is 4. The van der Waals surface area contributed by atoms with Crippen LogP contribution in [0, 0.1) is 24.0 Å². The minimum Gasteiger partial charge on any atom is -0.449 e. The van der Waals surface area contributed by atoms with E-state index in [-0.39, 0.29) is 29.7 Å². The van der Waals surface area contributed by atoms with Gasteiger partial charge >= 0.3 is 6.09 Å². The SMILES string of the molecule is Cc1cc(C)c([N+](=O)[O-])cc1C=CCNC(=O)OCC1c2ccccc2-c2ccccc21. The normalized spacial score (nSPS) is 12.4. The van der Waals surface area contributed by atoms with Crippen molar-refractivity contribution in [1.29, 1.82) is 0 Å². The van der Waals surface area contributed by atoms with Crippen molar-refractivity contribution in [3.8, 4) is 11.1 Å². The molecule has 0 saturated heterocycles. The van der Waals surface area contributed by atoms with Gasteiger partial charge in [0.2, 0.25) is 0 Å². The topological polar surface area (TPSA) is 81.5 Å². The summed E-state index contributed by atoms with van der Waals surface area (Å²) in [5.41, 5.74) is 7.09. The quantitative estimate of drug-likeness (QED) is 0.400. The van der Waals surface area contributed by atoms with Crippen LogP contribution in [0.3, 0.4) is 0 Å². The molecule has 162 valence electrons. The third-order valence-corrected chi connectivity index (χ3v) is 5.79. The molecule has 0 radical (unpaired) electrons. The number of alkyl carbamates (subject to hydrolysis) is 1. The number of ether oxygens (including phenoxy) is 1. The average Bonchev–Trinajstić information content (AvgIpc) is 3.10. The van der Waals surface area contributed by atoms with E-state index >= 15 is 0 Å². The fourth-order valence-electron chi connectivity index (χ4n) is 4.21. The molecule has 1 N–H and O–H groups in total. The molecule has 1 aliphatic carbocycles. The number of nitro groups is 1. The minimum absolute atomic E-state index is 0.0134. The molecule has 6 heteroatoms. The summed E-state index contributed by atoms with van der Waals surface area (Å²) in [4.78, 5) is 23.0. The summed E-state index contributed by atoms with van der Waals surface area (Å²) in [5.74, 6) is 0.0134. The molecular formula is C26H24N2O4. The lowest BCUT2D eigenvalue weighted by molar-refractivity contribution is -0.385. The number of fused-ring (bicyclic) bond motifs is 3. The zero-order chi connectivity index (χ0) is 22.7. The lowest BCUT2D eigenvalue weighted by atomic mass is 9.98. The van der Waals surface area contributed by atoms with E-state index in [1.54, 1.807) is 31.2 Å². The van der Waals surface area contributed by atoms with E-state index in [1.807, 2.05) is 31.2 Å². The van der Waals surface area contributed by atoms with Gasteiger partial charge in [-0.3, -0.25) is 10.1 Å². The molecule has 4 rings (SSSR count). The van der Waals surface area contributed by atoms with Crippen molar-refractivity contribution in [2.45, 2.75) is 19.8 Å². The van der Waals surface area contributed by atoms with E-state index in [0.29, 0.717) is 5.56 Å². The summed E-state index contributed by atoms with van der Waals surface area (Å²) < 4.78 is 5.51. The highest BCUT2D eigenvalue weighted by Gasteiger charge is 2.28. The van der Waals surface area contributed by atoms with Gasteiger partial charge in [-0.15, -0.1) is 0 Å². The molecule has 0 fully saturated rings. The number of rotatable bonds is 6. The molecule has 0 atom stereocenters.